The number of hydrogen-bond donors (Lipinski definition) is 0. The summed E-state index contributed by atoms with van der Waals surface area (Å²) in [6.45, 7) is 4.02. The van der Waals surface area contributed by atoms with Crippen molar-refractivity contribution in [3.63, 3.8) is 0 Å². The predicted octanol–water partition coefficient (Wildman–Crippen LogP) is 3.23. The smallest absolute Gasteiger partial charge is 0.130 e. The lowest BCUT2D eigenvalue weighted by Crippen LogP contribution is -2.23. The molecule has 0 fully saturated rings. The van der Waals surface area contributed by atoms with Gasteiger partial charge >= 0.3 is 0 Å². The van der Waals surface area contributed by atoms with Crippen LogP contribution in [0.5, 0.6) is 0 Å². The molecule has 0 amide bonds. The van der Waals surface area contributed by atoms with Crippen molar-refractivity contribution < 1.29 is 4.74 Å². The number of fused-ring (bicyclic) bond motifs is 1. The van der Waals surface area contributed by atoms with E-state index < -0.39 is 0 Å². The van der Waals surface area contributed by atoms with Gasteiger partial charge in [-0.15, -0.1) is 0 Å². The number of anilines is 1. The van der Waals surface area contributed by atoms with Crippen molar-refractivity contribution in [1.29, 1.82) is 5.26 Å². The van der Waals surface area contributed by atoms with Crippen molar-refractivity contribution in [1.82, 2.24) is 4.98 Å². The first kappa shape index (κ1) is 14.6. The Morgan fingerprint density at radius 1 is 1.40 bits per heavy atom. The normalized spacial score (nSPS) is 10.5. The predicted molar refractivity (Wildman–Crippen MR) is 81.2 cm³/mol. The van der Waals surface area contributed by atoms with Crippen LogP contribution in [-0.4, -0.2) is 31.8 Å². The van der Waals surface area contributed by atoms with Gasteiger partial charge in [-0.1, -0.05) is 11.6 Å². The molecule has 1 heterocycles. The van der Waals surface area contributed by atoms with Crippen LogP contribution in [0.4, 0.5) is 5.82 Å². The van der Waals surface area contributed by atoms with Crippen LogP contribution in [0.15, 0.2) is 24.3 Å². The summed E-state index contributed by atoms with van der Waals surface area (Å²) in [7, 11) is 1.93. The number of halogens is 1. The van der Waals surface area contributed by atoms with E-state index in [-0.39, 0.29) is 0 Å². The second-order valence-corrected chi connectivity index (χ2v) is 4.86. The molecule has 0 radical (unpaired) electrons. The van der Waals surface area contributed by atoms with Gasteiger partial charge in [0.05, 0.1) is 23.8 Å². The minimum Gasteiger partial charge on any atom is -0.380 e. The maximum Gasteiger partial charge on any atom is 0.130 e. The lowest BCUT2D eigenvalue weighted by Gasteiger charge is -2.18. The van der Waals surface area contributed by atoms with E-state index in [2.05, 4.69) is 11.1 Å². The van der Waals surface area contributed by atoms with Crippen LogP contribution in [0, 0.1) is 11.3 Å². The largest absolute Gasteiger partial charge is 0.380 e. The maximum atomic E-state index is 9.28. The van der Waals surface area contributed by atoms with E-state index >= 15 is 0 Å². The molecule has 0 aliphatic carbocycles. The van der Waals surface area contributed by atoms with E-state index in [0.717, 1.165) is 23.3 Å². The molecule has 0 aliphatic heterocycles. The summed E-state index contributed by atoms with van der Waals surface area (Å²) in [5, 5.41) is 10.7. The van der Waals surface area contributed by atoms with Crippen LogP contribution in [-0.2, 0) is 4.74 Å². The molecule has 0 spiro atoms. The first-order chi connectivity index (χ1) is 9.65. The molecule has 1 aromatic heterocycles. The van der Waals surface area contributed by atoms with E-state index in [1.807, 2.05) is 24.9 Å². The average molecular weight is 290 g/mol. The highest BCUT2D eigenvalue weighted by Gasteiger charge is 2.09. The standard InChI is InChI=1S/C15H16ClN3O/c1-3-20-7-6-19(2)15-8-11(10-17)13-9-12(16)4-5-14(13)18-15/h4-5,8-9H,3,6-7H2,1-2H3. The molecule has 0 N–H and O–H groups in total. The number of pyridine rings is 1. The number of nitrogens with zero attached hydrogens (tertiary/aromatic N) is 3. The fraction of sp³-hybridized carbons (Fsp3) is 0.333. The average Bonchev–Trinajstić information content (AvgIpc) is 2.46. The number of aromatic nitrogens is 1. The van der Waals surface area contributed by atoms with E-state index in [0.29, 0.717) is 23.8 Å². The molecular formula is C15H16ClN3O. The molecule has 0 aliphatic rings. The summed E-state index contributed by atoms with van der Waals surface area (Å²) in [4.78, 5) is 6.54. The van der Waals surface area contributed by atoms with Crippen molar-refractivity contribution >= 4 is 28.3 Å². The quantitative estimate of drug-likeness (QED) is 0.793. The molecule has 4 nitrogen and oxygen atoms in total. The number of likely N-dealkylation sites (N-methyl/N-ethyl adjacent to an activating group) is 1. The fourth-order valence-electron chi connectivity index (χ4n) is 1.93. The first-order valence-corrected chi connectivity index (χ1v) is 6.82. The van der Waals surface area contributed by atoms with Crippen molar-refractivity contribution in [3.8, 4) is 6.07 Å². The van der Waals surface area contributed by atoms with Crippen LogP contribution >= 0.6 is 11.6 Å². The molecule has 104 valence electrons. The molecule has 1 aromatic carbocycles. The van der Waals surface area contributed by atoms with Crippen molar-refractivity contribution in [3.05, 3.63) is 34.9 Å². The van der Waals surface area contributed by atoms with Crippen LogP contribution < -0.4 is 4.90 Å². The summed E-state index contributed by atoms with van der Waals surface area (Å²) >= 11 is 5.97. The maximum absolute atomic E-state index is 9.28. The van der Waals surface area contributed by atoms with Gasteiger partial charge in [0.15, 0.2) is 0 Å². The topological polar surface area (TPSA) is 49.1 Å². The number of benzene rings is 1. The number of hydrogen-bond acceptors (Lipinski definition) is 4. The summed E-state index contributed by atoms with van der Waals surface area (Å²) < 4.78 is 5.33. The Hall–Kier alpha value is -1.83. The Labute approximate surface area is 123 Å². The molecular weight excluding hydrogens is 274 g/mol. The Balaban J connectivity index is 2.36. The highest BCUT2D eigenvalue weighted by atomic mass is 35.5. The zero-order valence-corrected chi connectivity index (χ0v) is 12.3. The van der Waals surface area contributed by atoms with Crippen LogP contribution in [0.2, 0.25) is 5.02 Å². The molecule has 2 rings (SSSR count). The summed E-state index contributed by atoms with van der Waals surface area (Å²) in [5.74, 6) is 0.760. The van der Waals surface area contributed by atoms with Gasteiger partial charge in [0.2, 0.25) is 0 Å². The third-order valence-electron chi connectivity index (χ3n) is 3.04. The SMILES string of the molecule is CCOCCN(C)c1cc(C#N)c2cc(Cl)ccc2n1. The summed E-state index contributed by atoms with van der Waals surface area (Å²) in [6, 6.07) is 9.37. The van der Waals surface area contributed by atoms with Gasteiger partial charge in [-0.25, -0.2) is 4.98 Å². The van der Waals surface area contributed by atoms with Gasteiger partial charge in [0.1, 0.15) is 5.82 Å². The third kappa shape index (κ3) is 3.19. The first-order valence-electron chi connectivity index (χ1n) is 6.45. The molecule has 0 unspecified atom stereocenters. The molecule has 5 heteroatoms. The zero-order valence-electron chi connectivity index (χ0n) is 11.6. The molecule has 0 saturated heterocycles. The Bertz CT molecular complexity index is 651. The minimum absolute atomic E-state index is 0.579. The van der Waals surface area contributed by atoms with Crippen molar-refractivity contribution in [2.75, 3.05) is 31.7 Å². The lowest BCUT2D eigenvalue weighted by atomic mass is 10.1. The number of rotatable bonds is 5. The molecule has 0 atom stereocenters. The Kier molecular flexibility index (Phi) is 4.78. The monoisotopic (exact) mass is 289 g/mol. The van der Waals surface area contributed by atoms with Crippen molar-refractivity contribution in [2.24, 2.45) is 0 Å². The van der Waals surface area contributed by atoms with Crippen LogP contribution in [0.3, 0.4) is 0 Å². The van der Waals surface area contributed by atoms with Crippen molar-refractivity contribution in [2.45, 2.75) is 6.92 Å². The molecule has 0 bridgehead atoms. The van der Waals surface area contributed by atoms with Gasteiger partial charge < -0.3 is 9.64 Å². The highest BCUT2D eigenvalue weighted by Crippen LogP contribution is 2.24. The minimum atomic E-state index is 0.579. The zero-order chi connectivity index (χ0) is 14.5. The van der Waals surface area contributed by atoms with Gasteiger partial charge in [-0.2, -0.15) is 5.26 Å². The summed E-state index contributed by atoms with van der Waals surface area (Å²) in [5.41, 5.74) is 1.35. The van der Waals surface area contributed by atoms with Gasteiger partial charge in [0.25, 0.3) is 0 Å². The van der Waals surface area contributed by atoms with Gasteiger partial charge in [-0.3, -0.25) is 0 Å². The number of ether oxygens (including phenoxy) is 1. The van der Waals surface area contributed by atoms with Crippen LogP contribution in [0.1, 0.15) is 12.5 Å². The van der Waals surface area contributed by atoms with E-state index in [1.165, 1.54) is 0 Å². The van der Waals surface area contributed by atoms with E-state index in [9.17, 15) is 5.26 Å². The van der Waals surface area contributed by atoms with Gasteiger partial charge in [-0.05, 0) is 31.2 Å². The Morgan fingerprint density at radius 2 is 2.20 bits per heavy atom. The van der Waals surface area contributed by atoms with Gasteiger partial charge in [0, 0.05) is 30.6 Å². The molecule has 20 heavy (non-hydrogen) atoms. The second-order valence-electron chi connectivity index (χ2n) is 4.42. The van der Waals surface area contributed by atoms with E-state index in [1.54, 1.807) is 18.2 Å². The highest BCUT2D eigenvalue weighted by molar-refractivity contribution is 6.31. The lowest BCUT2D eigenvalue weighted by molar-refractivity contribution is 0.154. The Morgan fingerprint density at radius 3 is 2.90 bits per heavy atom. The third-order valence-corrected chi connectivity index (χ3v) is 3.28. The fourth-order valence-corrected chi connectivity index (χ4v) is 2.10. The van der Waals surface area contributed by atoms with E-state index in [4.69, 9.17) is 16.3 Å². The summed E-state index contributed by atoms with van der Waals surface area (Å²) in [6.07, 6.45) is 0. The van der Waals surface area contributed by atoms with Crippen LogP contribution in [0.25, 0.3) is 10.9 Å². The molecule has 0 saturated carbocycles. The molecule has 2 aromatic rings. The second kappa shape index (κ2) is 6.56. The number of nitriles is 1.